The van der Waals surface area contributed by atoms with Crippen LogP contribution in [0.2, 0.25) is 10.0 Å². The highest BCUT2D eigenvalue weighted by molar-refractivity contribution is 6.34. The molecule has 0 aliphatic rings. The van der Waals surface area contributed by atoms with E-state index in [1.54, 1.807) is 18.2 Å². The summed E-state index contributed by atoms with van der Waals surface area (Å²) in [6, 6.07) is 4.85. The van der Waals surface area contributed by atoms with Gasteiger partial charge in [0.25, 0.3) is 0 Å². The molecule has 1 rings (SSSR count). The maximum Gasteiger partial charge on any atom is 0.245 e. The smallest absolute Gasteiger partial charge is 0.245 e. The second kappa shape index (κ2) is 6.58. The molecular weight excluding hydrogens is 253 g/mol. The van der Waals surface area contributed by atoms with E-state index in [1.165, 1.54) is 0 Å². The summed E-state index contributed by atoms with van der Waals surface area (Å²) in [6.45, 7) is 0.0644. The molecule has 1 aromatic rings. The molecule has 0 atom stereocenters. The van der Waals surface area contributed by atoms with Gasteiger partial charge < -0.3 is 15.2 Å². The summed E-state index contributed by atoms with van der Waals surface area (Å²) in [5, 5.41) is 11.9. The summed E-state index contributed by atoms with van der Waals surface area (Å²) < 4.78 is 5.30. The number of ether oxygens (including phenoxy) is 1. The van der Waals surface area contributed by atoms with Crippen LogP contribution in [-0.4, -0.2) is 30.8 Å². The molecule has 1 aromatic carbocycles. The lowest BCUT2D eigenvalue weighted by molar-refractivity contribution is -0.123. The van der Waals surface area contributed by atoms with Crippen molar-refractivity contribution in [1.29, 1.82) is 0 Å². The Bertz CT molecular complexity index is 351. The SMILES string of the molecule is O=C(CO)NCCOc1cc(Cl)cc(Cl)c1. The van der Waals surface area contributed by atoms with Gasteiger partial charge in [0.15, 0.2) is 0 Å². The molecule has 6 heteroatoms. The first-order valence-corrected chi connectivity index (χ1v) is 5.34. The maximum absolute atomic E-state index is 10.7. The Balaban J connectivity index is 2.34. The molecule has 0 bridgehead atoms. The third-order valence-electron chi connectivity index (χ3n) is 1.67. The quantitative estimate of drug-likeness (QED) is 0.792. The summed E-state index contributed by atoms with van der Waals surface area (Å²) in [5.74, 6) is 0.100. The summed E-state index contributed by atoms with van der Waals surface area (Å²) in [6.07, 6.45) is 0. The van der Waals surface area contributed by atoms with Crippen LogP contribution in [0.1, 0.15) is 0 Å². The van der Waals surface area contributed by atoms with Gasteiger partial charge in [0.05, 0.1) is 6.54 Å². The fraction of sp³-hybridized carbons (Fsp3) is 0.300. The zero-order valence-electron chi connectivity index (χ0n) is 8.37. The van der Waals surface area contributed by atoms with Gasteiger partial charge in [0.2, 0.25) is 5.91 Å². The molecule has 0 aliphatic carbocycles. The first-order chi connectivity index (χ1) is 7.61. The second-order valence-corrected chi connectivity index (χ2v) is 3.83. The van der Waals surface area contributed by atoms with E-state index in [1.807, 2.05) is 0 Å². The molecule has 0 spiro atoms. The van der Waals surface area contributed by atoms with Crippen molar-refractivity contribution < 1.29 is 14.6 Å². The summed E-state index contributed by atoms with van der Waals surface area (Å²) in [7, 11) is 0. The zero-order chi connectivity index (χ0) is 12.0. The number of nitrogens with one attached hydrogen (secondary N) is 1. The molecule has 0 aromatic heterocycles. The average molecular weight is 264 g/mol. The summed E-state index contributed by atoms with van der Waals surface area (Å²) >= 11 is 11.5. The number of halogens is 2. The average Bonchev–Trinajstić information content (AvgIpc) is 2.22. The molecule has 0 radical (unpaired) electrons. The van der Waals surface area contributed by atoms with Gasteiger partial charge >= 0.3 is 0 Å². The predicted molar refractivity (Wildman–Crippen MR) is 62.1 cm³/mol. The normalized spacial score (nSPS) is 9.94. The Morgan fingerprint density at radius 2 is 1.94 bits per heavy atom. The molecule has 16 heavy (non-hydrogen) atoms. The Hall–Kier alpha value is -0.970. The van der Waals surface area contributed by atoms with Crippen LogP contribution < -0.4 is 10.1 Å². The minimum absolute atomic E-state index is 0.280. The van der Waals surface area contributed by atoms with Gasteiger partial charge in [0, 0.05) is 10.0 Å². The van der Waals surface area contributed by atoms with Gasteiger partial charge in [-0.25, -0.2) is 0 Å². The van der Waals surface area contributed by atoms with Crippen molar-refractivity contribution in [2.24, 2.45) is 0 Å². The van der Waals surface area contributed by atoms with Crippen LogP contribution in [0.25, 0.3) is 0 Å². The highest BCUT2D eigenvalue weighted by atomic mass is 35.5. The minimum Gasteiger partial charge on any atom is -0.492 e. The number of hydrogen-bond acceptors (Lipinski definition) is 3. The number of aliphatic hydroxyl groups is 1. The van der Waals surface area contributed by atoms with E-state index in [-0.39, 0.29) is 6.61 Å². The summed E-state index contributed by atoms with van der Waals surface area (Å²) in [4.78, 5) is 10.7. The lowest BCUT2D eigenvalue weighted by Crippen LogP contribution is -2.30. The van der Waals surface area contributed by atoms with Gasteiger partial charge in [-0.2, -0.15) is 0 Å². The first kappa shape index (κ1) is 13.1. The molecule has 0 saturated carbocycles. The zero-order valence-corrected chi connectivity index (χ0v) is 9.88. The van der Waals surface area contributed by atoms with Gasteiger partial charge in [0.1, 0.15) is 19.0 Å². The van der Waals surface area contributed by atoms with Crippen LogP contribution in [-0.2, 0) is 4.79 Å². The van der Waals surface area contributed by atoms with E-state index in [2.05, 4.69) is 5.32 Å². The maximum atomic E-state index is 10.7. The number of benzene rings is 1. The van der Waals surface area contributed by atoms with Crippen molar-refractivity contribution in [2.75, 3.05) is 19.8 Å². The van der Waals surface area contributed by atoms with Crippen LogP contribution in [0.3, 0.4) is 0 Å². The Kier molecular flexibility index (Phi) is 5.38. The fourth-order valence-electron chi connectivity index (χ4n) is 1.03. The van der Waals surface area contributed by atoms with Gasteiger partial charge in [-0.3, -0.25) is 4.79 Å². The number of aliphatic hydroxyl groups excluding tert-OH is 1. The monoisotopic (exact) mass is 263 g/mol. The highest BCUT2D eigenvalue weighted by Gasteiger charge is 2.00. The van der Waals surface area contributed by atoms with E-state index >= 15 is 0 Å². The van der Waals surface area contributed by atoms with E-state index in [9.17, 15) is 4.79 Å². The van der Waals surface area contributed by atoms with Crippen molar-refractivity contribution in [3.05, 3.63) is 28.2 Å². The molecule has 0 fully saturated rings. The van der Waals surface area contributed by atoms with Crippen molar-refractivity contribution in [2.45, 2.75) is 0 Å². The predicted octanol–water partition coefficient (Wildman–Crippen LogP) is 1.48. The Labute approximate surface area is 103 Å². The van der Waals surface area contributed by atoms with E-state index in [4.69, 9.17) is 33.0 Å². The molecule has 0 heterocycles. The van der Waals surface area contributed by atoms with Crippen LogP contribution in [0.4, 0.5) is 0 Å². The third kappa shape index (κ3) is 4.70. The fourth-order valence-corrected chi connectivity index (χ4v) is 1.53. The molecule has 1 amide bonds. The van der Waals surface area contributed by atoms with Crippen LogP contribution in [0, 0.1) is 0 Å². The van der Waals surface area contributed by atoms with E-state index in [0.717, 1.165) is 0 Å². The second-order valence-electron chi connectivity index (χ2n) is 2.96. The van der Waals surface area contributed by atoms with E-state index in [0.29, 0.717) is 22.3 Å². The molecule has 0 saturated heterocycles. The van der Waals surface area contributed by atoms with Crippen molar-refractivity contribution in [3.8, 4) is 5.75 Å². The Morgan fingerprint density at radius 1 is 1.31 bits per heavy atom. The standard InChI is InChI=1S/C10H11Cl2NO3/c11-7-3-8(12)5-9(4-7)16-2-1-13-10(15)6-14/h3-5,14H,1-2,6H2,(H,13,15). The number of hydrogen-bond donors (Lipinski definition) is 2. The number of carbonyl (C=O) groups is 1. The molecule has 88 valence electrons. The third-order valence-corrected chi connectivity index (χ3v) is 2.11. The summed E-state index contributed by atoms with van der Waals surface area (Å²) in [5.41, 5.74) is 0. The van der Waals surface area contributed by atoms with Crippen molar-refractivity contribution in [1.82, 2.24) is 5.32 Å². The molecular formula is C10H11Cl2NO3. The lowest BCUT2D eigenvalue weighted by Gasteiger charge is -2.07. The number of amides is 1. The topological polar surface area (TPSA) is 58.6 Å². The largest absolute Gasteiger partial charge is 0.492 e. The Morgan fingerprint density at radius 3 is 2.50 bits per heavy atom. The number of rotatable bonds is 5. The van der Waals surface area contributed by atoms with Crippen LogP contribution in [0.15, 0.2) is 18.2 Å². The first-order valence-electron chi connectivity index (χ1n) is 4.58. The van der Waals surface area contributed by atoms with Crippen LogP contribution in [0.5, 0.6) is 5.75 Å². The minimum atomic E-state index is -0.525. The van der Waals surface area contributed by atoms with Crippen LogP contribution >= 0.6 is 23.2 Å². The highest BCUT2D eigenvalue weighted by Crippen LogP contribution is 2.23. The van der Waals surface area contributed by atoms with Crippen molar-refractivity contribution >= 4 is 29.1 Å². The lowest BCUT2D eigenvalue weighted by atomic mass is 10.3. The van der Waals surface area contributed by atoms with Gasteiger partial charge in [-0.15, -0.1) is 0 Å². The molecule has 0 aliphatic heterocycles. The van der Waals surface area contributed by atoms with E-state index < -0.39 is 12.5 Å². The van der Waals surface area contributed by atoms with Crippen molar-refractivity contribution in [3.63, 3.8) is 0 Å². The van der Waals surface area contributed by atoms with Gasteiger partial charge in [-0.1, -0.05) is 23.2 Å². The molecule has 0 unspecified atom stereocenters. The molecule has 4 nitrogen and oxygen atoms in total. The van der Waals surface area contributed by atoms with Gasteiger partial charge in [-0.05, 0) is 18.2 Å². The number of carbonyl (C=O) groups excluding carboxylic acids is 1. The molecule has 2 N–H and O–H groups in total.